The van der Waals surface area contributed by atoms with Gasteiger partial charge < -0.3 is 9.57 Å². The molecule has 0 aromatic heterocycles. The lowest BCUT2D eigenvalue weighted by atomic mass is 10.1. The van der Waals surface area contributed by atoms with Crippen molar-refractivity contribution in [2.24, 2.45) is 5.16 Å². The van der Waals surface area contributed by atoms with Crippen molar-refractivity contribution < 1.29 is 18.4 Å². The van der Waals surface area contributed by atoms with Gasteiger partial charge >= 0.3 is 0 Å². The van der Waals surface area contributed by atoms with Crippen LogP contribution in [-0.4, -0.2) is 13.3 Å². The van der Waals surface area contributed by atoms with Crippen LogP contribution in [0.3, 0.4) is 0 Å². The van der Waals surface area contributed by atoms with Gasteiger partial charge in [-0.15, -0.1) is 0 Å². The molecule has 0 unspecified atom stereocenters. The second kappa shape index (κ2) is 7.38. The lowest BCUT2D eigenvalue weighted by Gasteiger charge is -2.03. The third-order valence-corrected chi connectivity index (χ3v) is 2.80. The van der Waals surface area contributed by atoms with Crippen LogP contribution in [0.5, 0.6) is 5.75 Å². The van der Waals surface area contributed by atoms with Crippen LogP contribution in [0.4, 0.5) is 8.78 Å². The molecule has 0 spiro atoms. The minimum atomic E-state index is -2.48. The lowest BCUT2D eigenvalue weighted by molar-refractivity contribution is 0.130. The number of hydrogen-bond donors (Lipinski definition) is 0. The Morgan fingerprint density at radius 2 is 1.95 bits per heavy atom. The van der Waals surface area contributed by atoms with Gasteiger partial charge in [-0.05, 0) is 29.3 Å². The van der Waals surface area contributed by atoms with Crippen LogP contribution < -0.4 is 4.74 Å². The molecule has 0 aliphatic heterocycles. The Labute approximate surface area is 121 Å². The van der Waals surface area contributed by atoms with E-state index in [1.807, 2.05) is 24.3 Å². The van der Waals surface area contributed by atoms with Crippen LogP contribution in [-0.2, 0) is 11.4 Å². The molecule has 3 nitrogen and oxygen atoms in total. The van der Waals surface area contributed by atoms with Gasteiger partial charge in [0.25, 0.3) is 6.43 Å². The molecular weight excluding hydrogens is 276 g/mol. The highest BCUT2D eigenvalue weighted by atomic mass is 19.3. The highest BCUT2D eigenvalue weighted by Crippen LogP contribution is 2.19. The number of nitrogens with zero attached hydrogens (tertiary/aromatic N) is 1. The highest BCUT2D eigenvalue weighted by molar-refractivity contribution is 5.79. The van der Waals surface area contributed by atoms with E-state index in [1.54, 1.807) is 25.5 Å². The average molecular weight is 291 g/mol. The summed E-state index contributed by atoms with van der Waals surface area (Å²) in [5.41, 5.74) is 1.46. The van der Waals surface area contributed by atoms with Gasteiger partial charge in [-0.25, -0.2) is 8.78 Å². The van der Waals surface area contributed by atoms with E-state index in [0.717, 1.165) is 11.3 Å². The second-order valence-electron chi connectivity index (χ2n) is 4.33. The van der Waals surface area contributed by atoms with Crippen molar-refractivity contribution in [2.75, 3.05) is 7.11 Å². The second-order valence-corrected chi connectivity index (χ2v) is 4.33. The molecule has 2 aromatic carbocycles. The van der Waals surface area contributed by atoms with Crippen molar-refractivity contribution in [3.05, 3.63) is 65.2 Å². The van der Waals surface area contributed by atoms with Crippen molar-refractivity contribution in [3.8, 4) is 5.75 Å². The monoisotopic (exact) mass is 291 g/mol. The summed E-state index contributed by atoms with van der Waals surface area (Å²) in [7, 11) is 1.59. The van der Waals surface area contributed by atoms with Crippen LogP contribution >= 0.6 is 0 Å². The van der Waals surface area contributed by atoms with Gasteiger partial charge in [-0.1, -0.05) is 35.5 Å². The molecule has 0 heterocycles. The van der Waals surface area contributed by atoms with Gasteiger partial charge in [0.1, 0.15) is 12.4 Å². The summed E-state index contributed by atoms with van der Waals surface area (Å²) in [6, 6.07) is 13.4. The fourth-order valence-electron chi connectivity index (χ4n) is 1.75. The molecule has 110 valence electrons. The van der Waals surface area contributed by atoms with E-state index in [4.69, 9.17) is 9.57 Å². The van der Waals surface area contributed by atoms with Gasteiger partial charge in [0, 0.05) is 5.56 Å². The van der Waals surface area contributed by atoms with E-state index in [1.165, 1.54) is 12.1 Å². The van der Waals surface area contributed by atoms with Crippen LogP contribution in [0.25, 0.3) is 0 Å². The Balaban J connectivity index is 1.91. The number of oxime groups is 1. The zero-order valence-electron chi connectivity index (χ0n) is 11.5. The maximum Gasteiger partial charge on any atom is 0.263 e. The first-order valence-corrected chi connectivity index (χ1v) is 6.35. The third-order valence-electron chi connectivity index (χ3n) is 2.80. The zero-order chi connectivity index (χ0) is 15.1. The highest BCUT2D eigenvalue weighted by Gasteiger charge is 2.06. The Kier molecular flexibility index (Phi) is 5.26. The molecule has 21 heavy (non-hydrogen) atoms. The fraction of sp³-hybridized carbons (Fsp3) is 0.188. The van der Waals surface area contributed by atoms with Crippen molar-refractivity contribution in [1.29, 1.82) is 0 Å². The van der Waals surface area contributed by atoms with E-state index >= 15 is 0 Å². The number of rotatable bonds is 6. The minimum absolute atomic E-state index is 0.0205. The Morgan fingerprint density at radius 3 is 2.71 bits per heavy atom. The number of hydrogen-bond acceptors (Lipinski definition) is 3. The quantitative estimate of drug-likeness (QED) is 0.590. The molecule has 2 aromatic rings. The Morgan fingerprint density at radius 1 is 1.14 bits per heavy atom. The van der Waals surface area contributed by atoms with Crippen LogP contribution in [0.1, 0.15) is 23.1 Å². The van der Waals surface area contributed by atoms with Gasteiger partial charge in [0.05, 0.1) is 13.3 Å². The molecule has 0 amide bonds. The summed E-state index contributed by atoms with van der Waals surface area (Å²) >= 11 is 0. The number of alkyl halides is 2. The number of methoxy groups -OCH3 is 1. The minimum Gasteiger partial charge on any atom is -0.497 e. The molecule has 0 aliphatic rings. The first-order chi connectivity index (χ1) is 10.2. The number of benzene rings is 2. The molecule has 0 aliphatic carbocycles. The van der Waals surface area contributed by atoms with E-state index in [0.29, 0.717) is 5.56 Å². The van der Waals surface area contributed by atoms with Crippen LogP contribution in [0, 0.1) is 0 Å². The largest absolute Gasteiger partial charge is 0.497 e. The fourth-order valence-corrected chi connectivity index (χ4v) is 1.75. The molecule has 5 heteroatoms. The SMILES string of the molecule is COc1cccc(C=NOCc2cccc(C(F)F)c2)c1. The summed E-state index contributed by atoms with van der Waals surface area (Å²) in [6.07, 6.45) is -0.940. The summed E-state index contributed by atoms with van der Waals surface area (Å²) < 4.78 is 30.2. The number of ether oxygens (including phenoxy) is 1. The van der Waals surface area contributed by atoms with Crippen LogP contribution in [0.2, 0.25) is 0 Å². The number of halogens is 2. The molecule has 0 N–H and O–H groups in total. The van der Waals surface area contributed by atoms with Gasteiger partial charge in [-0.2, -0.15) is 0 Å². The molecule has 0 radical (unpaired) electrons. The normalized spacial score (nSPS) is 11.0. The summed E-state index contributed by atoms with van der Waals surface area (Å²) in [4.78, 5) is 5.12. The predicted octanol–water partition coefficient (Wildman–Crippen LogP) is 4.18. The van der Waals surface area contributed by atoms with Gasteiger partial charge in [-0.3, -0.25) is 0 Å². The van der Waals surface area contributed by atoms with E-state index in [-0.39, 0.29) is 12.2 Å². The molecule has 2 rings (SSSR count). The van der Waals surface area contributed by atoms with Gasteiger partial charge in [0.15, 0.2) is 0 Å². The summed E-state index contributed by atoms with van der Waals surface area (Å²) in [5.74, 6) is 0.726. The third kappa shape index (κ3) is 4.56. The zero-order valence-corrected chi connectivity index (χ0v) is 11.5. The maximum atomic E-state index is 12.5. The molecular formula is C16H15F2NO2. The van der Waals surface area contributed by atoms with Crippen LogP contribution in [0.15, 0.2) is 53.7 Å². The topological polar surface area (TPSA) is 30.8 Å². The maximum absolute atomic E-state index is 12.5. The Hall–Kier alpha value is -2.43. The average Bonchev–Trinajstić information content (AvgIpc) is 2.52. The van der Waals surface area contributed by atoms with E-state index < -0.39 is 6.43 Å². The first-order valence-electron chi connectivity index (χ1n) is 6.35. The smallest absolute Gasteiger partial charge is 0.263 e. The molecule has 0 saturated carbocycles. The summed E-state index contributed by atoms with van der Waals surface area (Å²) in [6.45, 7) is 0.140. The van der Waals surface area contributed by atoms with E-state index in [2.05, 4.69) is 5.16 Å². The predicted molar refractivity (Wildman–Crippen MR) is 76.8 cm³/mol. The molecule has 0 atom stereocenters. The van der Waals surface area contributed by atoms with Crippen molar-refractivity contribution in [2.45, 2.75) is 13.0 Å². The van der Waals surface area contributed by atoms with Crippen molar-refractivity contribution in [1.82, 2.24) is 0 Å². The Bertz CT molecular complexity index is 615. The van der Waals surface area contributed by atoms with Gasteiger partial charge in [0.2, 0.25) is 0 Å². The lowest BCUT2D eigenvalue weighted by Crippen LogP contribution is -1.91. The molecule has 0 saturated heterocycles. The van der Waals surface area contributed by atoms with E-state index in [9.17, 15) is 8.78 Å². The molecule has 0 bridgehead atoms. The van der Waals surface area contributed by atoms with Crippen molar-refractivity contribution in [3.63, 3.8) is 0 Å². The molecule has 0 fully saturated rings. The summed E-state index contributed by atoms with van der Waals surface area (Å²) in [5, 5.41) is 3.82. The first kappa shape index (κ1) is 15.0. The standard InChI is InChI=1S/C16H15F2NO2/c1-20-15-7-3-4-12(9-15)10-19-21-11-13-5-2-6-14(8-13)16(17)18/h2-10,16H,11H2,1H3. The van der Waals surface area contributed by atoms with Crippen molar-refractivity contribution >= 4 is 6.21 Å².